The van der Waals surface area contributed by atoms with Crippen LogP contribution >= 0.6 is 0 Å². The molecule has 21 heavy (non-hydrogen) atoms. The van der Waals surface area contributed by atoms with Crippen LogP contribution in [-0.2, 0) is 14.8 Å². The molecular formula is C14H20N2O4S. The van der Waals surface area contributed by atoms with Crippen LogP contribution in [0.15, 0.2) is 36.9 Å². The SMILES string of the molecule is C=CCN(CCC(=O)Nc1ccccc1OC)S(C)(=O)=O. The summed E-state index contributed by atoms with van der Waals surface area (Å²) in [5, 5.41) is 2.70. The summed E-state index contributed by atoms with van der Waals surface area (Å²) in [6.07, 6.45) is 2.65. The average Bonchev–Trinajstić information content (AvgIpc) is 2.42. The largest absolute Gasteiger partial charge is 0.495 e. The molecule has 1 amide bonds. The zero-order valence-corrected chi connectivity index (χ0v) is 13.0. The Bertz CT molecular complexity index is 599. The van der Waals surface area contributed by atoms with E-state index in [1.807, 2.05) is 0 Å². The first kappa shape index (κ1) is 17.2. The number of anilines is 1. The van der Waals surface area contributed by atoms with Crippen molar-refractivity contribution in [1.29, 1.82) is 0 Å². The van der Waals surface area contributed by atoms with Gasteiger partial charge in [0.1, 0.15) is 5.75 Å². The van der Waals surface area contributed by atoms with E-state index in [1.165, 1.54) is 17.5 Å². The van der Waals surface area contributed by atoms with Gasteiger partial charge in [-0.05, 0) is 12.1 Å². The van der Waals surface area contributed by atoms with Gasteiger partial charge in [0.15, 0.2) is 0 Å². The molecule has 0 aromatic heterocycles. The lowest BCUT2D eigenvalue weighted by Crippen LogP contribution is -2.33. The zero-order chi connectivity index (χ0) is 15.9. The Balaban J connectivity index is 2.63. The molecule has 1 rings (SSSR count). The van der Waals surface area contributed by atoms with Crippen molar-refractivity contribution in [2.45, 2.75) is 6.42 Å². The molecule has 7 heteroatoms. The van der Waals surface area contributed by atoms with Gasteiger partial charge in [-0.2, -0.15) is 4.31 Å². The fourth-order valence-electron chi connectivity index (χ4n) is 1.72. The van der Waals surface area contributed by atoms with Crippen LogP contribution in [0.2, 0.25) is 0 Å². The molecule has 6 nitrogen and oxygen atoms in total. The van der Waals surface area contributed by atoms with Crippen LogP contribution in [0.3, 0.4) is 0 Å². The second-order valence-corrected chi connectivity index (χ2v) is 6.39. The van der Waals surface area contributed by atoms with Crippen LogP contribution in [0.5, 0.6) is 5.75 Å². The summed E-state index contributed by atoms with van der Waals surface area (Å²) in [5.41, 5.74) is 0.555. The summed E-state index contributed by atoms with van der Waals surface area (Å²) in [4.78, 5) is 11.9. The smallest absolute Gasteiger partial charge is 0.225 e. The average molecular weight is 312 g/mol. The molecule has 0 aliphatic carbocycles. The number of amides is 1. The van der Waals surface area contributed by atoms with E-state index >= 15 is 0 Å². The maximum Gasteiger partial charge on any atom is 0.225 e. The second-order valence-electron chi connectivity index (χ2n) is 4.41. The Labute approximate surface area is 125 Å². The molecular weight excluding hydrogens is 292 g/mol. The van der Waals surface area contributed by atoms with Crippen LogP contribution < -0.4 is 10.1 Å². The lowest BCUT2D eigenvalue weighted by Gasteiger charge is -2.17. The van der Waals surface area contributed by atoms with Gasteiger partial charge in [-0.3, -0.25) is 4.79 Å². The minimum Gasteiger partial charge on any atom is -0.495 e. The number of carbonyl (C=O) groups excluding carboxylic acids is 1. The van der Waals surface area contributed by atoms with Crippen molar-refractivity contribution in [3.63, 3.8) is 0 Å². The first-order chi connectivity index (χ1) is 9.88. The maximum absolute atomic E-state index is 11.9. The third-order valence-electron chi connectivity index (χ3n) is 2.77. The van der Waals surface area contributed by atoms with Gasteiger partial charge in [0, 0.05) is 19.5 Å². The van der Waals surface area contributed by atoms with Crippen molar-refractivity contribution in [1.82, 2.24) is 4.31 Å². The number of carbonyl (C=O) groups is 1. The molecule has 0 radical (unpaired) electrons. The van der Waals surface area contributed by atoms with Crippen LogP contribution in [0.4, 0.5) is 5.69 Å². The van der Waals surface area contributed by atoms with Gasteiger partial charge in [0.2, 0.25) is 15.9 Å². The normalized spacial score (nSPS) is 11.2. The quantitative estimate of drug-likeness (QED) is 0.738. The van der Waals surface area contributed by atoms with Crippen molar-refractivity contribution in [3.8, 4) is 5.75 Å². The van der Waals surface area contributed by atoms with Gasteiger partial charge in [0.05, 0.1) is 19.1 Å². The molecule has 0 saturated carbocycles. The highest BCUT2D eigenvalue weighted by atomic mass is 32.2. The first-order valence-electron chi connectivity index (χ1n) is 6.37. The molecule has 116 valence electrons. The summed E-state index contributed by atoms with van der Waals surface area (Å²) < 4.78 is 29.4. The van der Waals surface area contributed by atoms with E-state index < -0.39 is 10.0 Å². The number of benzene rings is 1. The molecule has 0 spiro atoms. The standard InChI is InChI=1S/C14H20N2O4S/c1-4-10-16(21(3,18)19)11-9-14(17)15-12-7-5-6-8-13(12)20-2/h4-8H,1,9-11H2,2-3H3,(H,15,17). The predicted octanol–water partition coefficient (Wildman–Crippen LogP) is 1.47. The number of rotatable bonds is 8. The highest BCUT2D eigenvalue weighted by Crippen LogP contribution is 2.23. The summed E-state index contributed by atoms with van der Waals surface area (Å²) in [6.45, 7) is 3.79. The lowest BCUT2D eigenvalue weighted by molar-refractivity contribution is -0.116. The van der Waals surface area contributed by atoms with Gasteiger partial charge in [0.25, 0.3) is 0 Å². The Hall–Kier alpha value is -1.86. The number of nitrogens with zero attached hydrogens (tertiary/aromatic N) is 1. The molecule has 0 fully saturated rings. The highest BCUT2D eigenvalue weighted by molar-refractivity contribution is 7.88. The summed E-state index contributed by atoms with van der Waals surface area (Å²) in [7, 11) is -1.84. The van der Waals surface area contributed by atoms with Gasteiger partial charge in [-0.1, -0.05) is 18.2 Å². The molecule has 0 aliphatic heterocycles. The number of sulfonamides is 1. The summed E-state index contributed by atoms with van der Waals surface area (Å²) >= 11 is 0. The second kappa shape index (κ2) is 7.80. The fourth-order valence-corrected chi connectivity index (χ4v) is 2.52. The number of ether oxygens (including phenoxy) is 1. The highest BCUT2D eigenvalue weighted by Gasteiger charge is 2.16. The van der Waals surface area contributed by atoms with Gasteiger partial charge < -0.3 is 10.1 Å². The Kier molecular flexibility index (Phi) is 6.39. The van der Waals surface area contributed by atoms with Crippen molar-refractivity contribution >= 4 is 21.6 Å². The minimum atomic E-state index is -3.35. The lowest BCUT2D eigenvalue weighted by atomic mass is 10.3. The molecule has 1 aromatic rings. The molecule has 1 N–H and O–H groups in total. The van der Waals surface area contributed by atoms with E-state index in [-0.39, 0.29) is 25.4 Å². The zero-order valence-electron chi connectivity index (χ0n) is 12.2. The topological polar surface area (TPSA) is 75.7 Å². The maximum atomic E-state index is 11.9. The molecule has 0 atom stereocenters. The molecule has 0 saturated heterocycles. The Morgan fingerprint density at radius 2 is 2.10 bits per heavy atom. The monoisotopic (exact) mass is 312 g/mol. The predicted molar refractivity (Wildman–Crippen MR) is 82.9 cm³/mol. The number of methoxy groups -OCH3 is 1. The van der Waals surface area contributed by atoms with Crippen molar-refractivity contribution in [3.05, 3.63) is 36.9 Å². The van der Waals surface area contributed by atoms with Crippen LogP contribution in [0.1, 0.15) is 6.42 Å². The van der Waals surface area contributed by atoms with Gasteiger partial charge >= 0.3 is 0 Å². The van der Waals surface area contributed by atoms with E-state index in [1.54, 1.807) is 24.3 Å². The van der Waals surface area contributed by atoms with Crippen LogP contribution in [0.25, 0.3) is 0 Å². The van der Waals surface area contributed by atoms with E-state index in [0.29, 0.717) is 11.4 Å². The van der Waals surface area contributed by atoms with Crippen molar-refractivity contribution < 1.29 is 17.9 Å². The van der Waals surface area contributed by atoms with Gasteiger partial charge in [-0.15, -0.1) is 6.58 Å². The summed E-state index contributed by atoms with van der Waals surface area (Å²) in [5.74, 6) is 0.272. The van der Waals surface area contributed by atoms with E-state index in [2.05, 4.69) is 11.9 Å². The summed E-state index contributed by atoms with van der Waals surface area (Å²) in [6, 6.07) is 7.02. The molecule has 0 aliphatic rings. The van der Waals surface area contributed by atoms with Crippen molar-refractivity contribution in [2.24, 2.45) is 0 Å². The van der Waals surface area contributed by atoms with E-state index in [4.69, 9.17) is 4.74 Å². The molecule has 0 bridgehead atoms. The first-order valence-corrected chi connectivity index (χ1v) is 8.22. The Morgan fingerprint density at radius 3 is 2.67 bits per heavy atom. The third-order valence-corrected chi connectivity index (χ3v) is 4.04. The third kappa shape index (κ3) is 5.57. The number of hydrogen-bond acceptors (Lipinski definition) is 4. The number of para-hydroxylation sites is 2. The van der Waals surface area contributed by atoms with Crippen LogP contribution in [-0.4, -0.2) is 45.1 Å². The molecule has 0 heterocycles. The number of hydrogen-bond donors (Lipinski definition) is 1. The Morgan fingerprint density at radius 1 is 1.43 bits per heavy atom. The van der Waals surface area contributed by atoms with Crippen molar-refractivity contribution in [2.75, 3.05) is 31.8 Å². The van der Waals surface area contributed by atoms with E-state index in [0.717, 1.165) is 6.26 Å². The van der Waals surface area contributed by atoms with Crippen LogP contribution in [0, 0.1) is 0 Å². The van der Waals surface area contributed by atoms with E-state index in [9.17, 15) is 13.2 Å². The molecule has 1 aromatic carbocycles. The van der Waals surface area contributed by atoms with Gasteiger partial charge in [-0.25, -0.2) is 8.42 Å². The fraction of sp³-hybridized carbons (Fsp3) is 0.357. The molecule has 0 unspecified atom stereocenters. The number of nitrogens with one attached hydrogen (secondary N) is 1. The minimum absolute atomic E-state index is 0.0545.